The molecule has 0 saturated carbocycles. The number of nitrogens with one attached hydrogen (secondary N) is 3. The Morgan fingerprint density at radius 1 is 1.48 bits per heavy atom. The van der Waals surface area contributed by atoms with E-state index in [9.17, 15) is 9.59 Å². The summed E-state index contributed by atoms with van der Waals surface area (Å²) in [4.78, 5) is 27.3. The number of H-pyrrole nitrogens is 1. The summed E-state index contributed by atoms with van der Waals surface area (Å²) >= 11 is 1.22. The summed E-state index contributed by atoms with van der Waals surface area (Å²) in [7, 11) is 0. The van der Waals surface area contributed by atoms with Crippen LogP contribution >= 0.6 is 11.3 Å². The first-order valence-electron chi connectivity index (χ1n) is 6.38. The van der Waals surface area contributed by atoms with Crippen LogP contribution in [0.2, 0.25) is 0 Å². The molecule has 3 rings (SSSR count). The number of fused-ring (bicyclic) bond motifs is 1. The maximum Gasteiger partial charge on any atom is 0.261 e. The standard InChI is InChI=1S/C14H13N3O3S/c18-5-4-16-13(20)11-7-10-9(6-8-2-1-3-15-8)12(19)17-14(10)21-11/h1-3,6-7,15,18H,4-5H2,(H,16,20)(H,17,19). The van der Waals surface area contributed by atoms with Gasteiger partial charge in [-0.1, -0.05) is 0 Å². The van der Waals surface area contributed by atoms with E-state index < -0.39 is 0 Å². The van der Waals surface area contributed by atoms with Crippen molar-refractivity contribution >= 4 is 39.8 Å². The second-order valence-electron chi connectivity index (χ2n) is 4.47. The zero-order valence-corrected chi connectivity index (χ0v) is 11.8. The molecule has 0 atom stereocenters. The molecule has 6 nitrogen and oxygen atoms in total. The first-order valence-corrected chi connectivity index (χ1v) is 7.20. The molecular formula is C14H13N3O3S. The van der Waals surface area contributed by atoms with Crippen LogP contribution in [0.15, 0.2) is 24.4 Å². The van der Waals surface area contributed by atoms with Crippen LogP contribution in [0.5, 0.6) is 0 Å². The Balaban J connectivity index is 1.90. The van der Waals surface area contributed by atoms with Crippen molar-refractivity contribution in [2.75, 3.05) is 18.5 Å². The van der Waals surface area contributed by atoms with E-state index in [2.05, 4.69) is 15.6 Å². The van der Waals surface area contributed by atoms with Gasteiger partial charge in [-0.3, -0.25) is 9.59 Å². The Kier molecular flexibility index (Phi) is 3.59. The van der Waals surface area contributed by atoms with E-state index in [-0.39, 0.29) is 25.0 Å². The van der Waals surface area contributed by atoms with Crippen molar-refractivity contribution < 1.29 is 14.7 Å². The number of carbonyl (C=O) groups excluding carboxylic acids is 2. The number of rotatable bonds is 4. The minimum atomic E-state index is -0.253. The molecule has 4 N–H and O–H groups in total. The molecule has 1 aliphatic rings. The minimum Gasteiger partial charge on any atom is -0.395 e. The molecule has 0 aliphatic carbocycles. The smallest absolute Gasteiger partial charge is 0.261 e. The van der Waals surface area contributed by atoms with E-state index in [1.807, 2.05) is 12.1 Å². The van der Waals surface area contributed by atoms with Gasteiger partial charge in [0.2, 0.25) is 0 Å². The van der Waals surface area contributed by atoms with Crippen molar-refractivity contribution in [1.29, 1.82) is 0 Å². The number of thiophene rings is 1. The monoisotopic (exact) mass is 303 g/mol. The summed E-state index contributed by atoms with van der Waals surface area (Å²) in [6.45, 7) is 0.102. The maximum absolute atomic E-state index is 12.0. The highest BCUT2D eigenvalue weighted by molar-refractivity contribution is 7.18. The second kappa shape index (κ2) is 5.55. The summed E-state index contributed by atoms with van der Waals surface area (Å²) in [5.74, 6) is -0.426. The number of aliphatic hydroxyl groups is 1. The fraction of sp³-hybridized carbons (Fsp3) is 0.143. The number of hydrogen-bond acceptors (Lipinski definition) is 4. The van der Waals surface area contributed by atoms with Gasteiger partial charge in [0.05, 0.1) is 17.1 Å². The molecule has 0 spiro atoms. The van der Waals surface area contributed by atoms with Crippen molar-refractivity contribution in [1.82, 2.24) is 10.3 Å². The summed E-state index contributed by atoms with van der Waals surface area (Å²) in [5, 5.41) is 14.7. The fourth-order valence-corrected chi connectivity index (χ4v) is 3.06. The van der Waals surface area contributed by atoms with Crippen LogP contribution in [0.3, 0.4) is 0 Å². The highest BCUT2D eigenvalue weighted by atomic mass is 32.1. The molecule has 0 saturated heterocycles. The zero-order valence-electron chi connectivity index (χ0n) is 11.0. The molecule has 0 radical (unpaired) electrons. The number of aromatic amines is 1. The van der Waals surface area contributed by atoms with Crippen molar-refractivity contribution in [2.24, 2.45) is 0 Å². The summed E-state index contributed by atoms with van der Waals surface area (Å²) in [5.41, 5.74) is 2.09. The lowest BCUT2D eigenvalue weighted by atomic mass is 10.1. The van der Waals surface area contributed by atoms with E-state index >= 15 is 0 Å². The molecule has 1 aliphatic heterocycles. The minimum absolute atomic E-state index is 0.106. The molecule has 0 fully saturated rings. The third kappa shape index (κ3) is 2.61. The van der Waals surface area contributed by atoms with Crippen molar-refractivity contribution in [3.05, 3.63) is 40.5 Å². The van der Waals surface area contributed by atoms with Gasteiger partial charge in [0.1, 0.15) is 5.00 Å². The van der Waals surface area contributed by atoms with Crippen LogP contribution in [0.4, 0.5) is 5.00 Å². The lowest BCUT2D eigenvalue weighted by molar-refractivity contribution is -0.110. The largest absolute Gasteiger partial charge is 0.395 e. The first kappa shape index (κ1) is 13.6. The Bertz CT molecular complexity index is 716. The van der Waals surface area contributed by atoms with Gasteiger partial charge in [0.25, 0.3) is 11.8 Å². The van der Waals surface area contributed by atoms with Gasteiger partial charge in [-0.05, 0) is 24.3 Å². The molecule has 21 heavy (non-hydrogen) atoms. The van der Waals surface area contributed by atoms with Crippen LogP contribution in [0.1, 0.15) is 20.9 Å². The van der Waals surface area contributed by atoms with Crippen LogP contribution in [-0.4, -0.2) is 35.1 Å². The summed E-state index contributed by atoms with van der Waals surface area (Å²) in [6.07, 6.45) is 3.53. The van der Waals surface area contributed by atoms with Gasteiger partial charge >= 0.3 is 0 Å². The fourth-order valence-electron chi connectivity index (χ4n) is 2.08. The second-order valence-corrected chi connectivity index (χ2v) is 5.52. The number of hydrogen-bond donors (Lipinski definition) is 4. The molecule has 0 bridgehead atoms. The van der Waals surface area contributed by atoms with E-state index in [0.717, 1.165) is 11.3 Å². The topological polar surface area (TPSA) is 94.2 Å². The van der Waals surface area contributed by atoms with Crippen LogP contribution < -0.4 is 10.6 Å². The highest BCUT2D eigenvalue weighted by Gasteiger charge is 2.28. The average molecular weight is 303 g/mol. The van der Waals surface area contributed by atoms with Gasteiger partial charge in [0.15, 0.2) is 0 Å². The molecule has 2 aromatic heterocycles. The zero-order chi connectivity index (χ0) is 14.8. The van der Waals surface area contributed by atoms with Gasteiger partial charge in [-0.25, -0.2) is 0 Å². The van der Waals surface area contributed by atoms with E-state index in [1.165, 1.54) is 11.3 Å². The molecule has 0 aromatic carbocycles. The van der Waals surface area contributed by atoms with Crippen molar-refractivity contribution in [3.63, 3.8) is 0 Å². The van der Waals surface area contributed by atoms with Crippen molar-refractivity contribution in [2.45, 2.75) is 0 Å². The summed E-state index contributed by atoms with van der Waals surface area (Å²) < 4.78 is 0. The van der Waals surface area contributed by atoms with Gasteiger partial charge in [0, 0.05) is 24.0 Å². The molecule has 2 aromatic rings. The normalized spacial score (nSPS) is 15.1. The van der Waals surface area contributed by atoms with E-state index in [4.69, 9.17) is 5.11 Å². The molecule has 7 heteroatoms. The Morgan fingerprint density at radius 3 is 3.05 bits per heavy atom. The van der Waals surface area contributed by atoms with Crippen LogP contribution in [0.25, 0.3) is 11.6 Å². The predicted octanol–water partition coefficient (Wildman–Crippen LogP) is 1.29. The number of aliphatic hydroxyl groups excluding tert-OH is 1. The Hall–Kier alpha value is -2.38. The predicted molar refractivity (Wildman–Crippen MR) is 81.0 cm³/mol. The first-order chi connectivity index (χ1) is 10.2. The molecule has 108 valence electrons. The van der Waals surface area contributed by atoms with E-state index in [1.54, 1.807) is 18.3 Å². The van der Waals surface area contributed by atoms with Crippen LogP contribution in [0, 0.1) is 0 Å². The van der Waals surface area contributed by atoms with Crippen molar-refractivity contribution in [3.8, 4) is 0 Å². The van der Waals surface area contributed by atoms with Gasteiger partial charge in [-0.15, -0.1) is 11.3 Å². The van der Waals surface area contributed by atoms with Gasteiger partial charge < -0.3 is 20.7 Å². The lowest BCUT2D eigenvalue weighted by Gasteiger charge is -2.00. The third-order valence-corrected chi connectivity index (χ3v) is 4.09. The summed E-state index contributed by atoms with van der Waals surface area (Å²) in [6, 6.07) is 5.40. The molecule has 3 heterocycles. The maximum atomic E-state index is 12.0. The average Bonchev–Trinajstić information content (AvgIpc) is 3.15. The lowest BCUT2D eigenvalue weighted by Crippen LogP contribution is -2.25. The molecule has 0 unspecified atom stereocenters. The Labute approximate surface area is 124 Å². The highest BCUT2D eigenvalue weighted by Crippen LogP contribution is 2.39. The quantitative estimate of drug-likeness (QED) is 0.641. The van der Waals surface area contributed by atoms with Gasteiger partial charge in [-0.2, -0.15) is 0 Å². The molecular weight excluding hydrogens is 290 g/mol. The van der Waals surface area contributed by atoms with E-state index in [0.29, 0.717) is 15.5 Å². The SMILES string of the molecule is O=C1Nc2sc(C(=O)NCCO)cc2C1=Cc1ccc[nH]1. The molecule has 2 amide bonds. The number of anilines is 1. The number of amides is 2. The van der Waals surface area contributed by atoms with Crippen LogP contribution in [-0.2, 0) is 4.79 Å². The number of aromatic nitrogens is 1. The Morgan fingerprint density at radius 2 is 2.33 bits per heavy atom. The number of carbonyl (C=O) groups is 2. The third-order valence-electron chi connectivity index (χ3n) is 3.04.